The maximum atomic E-state index is 13.0. The minimum absolute atomic E-state index is 0.119. The molecule has 0 atom stereocenters. The molecule has 0 saturated heterocycles. The van der Waals surface area contributed by atoms with Crippen molar-refractivity contribution in [3.05, 3.63) is 102 Å². The highest BCUT2D eigenvalue weighted by atomic mass is 16.2. The van der Waals surface area contributed by atoms with Gasteiger partial charge in [-0.15, -0.1) is 0 Å². The summed E-state index contributed by atoms with van der Waals surface area (Å²) >= 11 is 0. The monoisotopic (exact) mass is 454 g/mol. The molecule has 1 aliphatic rings. The molecule has 4 rings (SSSR count). The highest BCUT2D eigenvalue weighted by Crippen LogP contribution is 2.29. The molecule has 0 radical (unpaired) electrons. The van der Waals surface area contributed by atoms with Gasteiger partial charge in [-0.25, -0.2) is 4.98 Å². The Morgan fingerprint density at radius 3 is 2.59 bits per heavy atom. The minimum atomic E-state index is -0.125. The lowest BCUT2D eigenvalue weighted by Gasteiger charge is -2.12. The number of hydrogen-bond acceptors (Lipinski definition) is 3. The smallest absolute Gasteiger partial charge is 0.251 e. The van der Waals surface area contributed by atoms with Crippen molar-refractivity contribution in [3.63, 3.8) is 0 Å². The zero-order valence-corrected chi connectivity index (χ0v) is 19.5. The highest BCUT2D eigenvalue weighted by Gasteiger charge is 2.16. The van der Waals surface area contributed by atoms with Crippen LogP contribution in [0.5, 0.6) is 0 Å². The van der Waals surface area contributed by atoms with E-state index < -0.39 is 0 Å². The second-order valence-corrected chi connectivity index (χ2v) is 8.39. The molecule has 2 N–H and O–H groups in total. The predicted molar refractivity (Wildman–Crippen MR) is 135 cm³/mol. The van der Waals surface area contributed by atoms with E-state index in [-0.39, 0.29) is 18.4 Å². The molecule has 34 heavy (non-hydrogen) atoms. The number of benzene rings is 2. The fraction of sp³-hybridized carbons (Fsp3) is 0.250. The Balaban J connectivity index is 1.46. The van der Waals surface area contributed by atoms with E-state index in [0.29, 0.717) is 18.5 Å². The summed E-state index contributed by atoms with van der Waals surface area (Å²) in [6.45, 7) is 6.60. The largest absolute Gasteiger partial charge is 0.352 e. The molecule has 1 fully saturated rings. The van der Waals surface area contributed by atoms with Crippen LogP contribution >= 0.6 is 0 Å². The van der Waals surface area contributed by atoms with E-state index in [9.17, 15) is 9.59 Å². The Labute approximate surface area is 200 Å². The van der Waals surface area contributed by atoms with Gasteiger partial charge in [0.25, 0.3) is 5.91 Å². The van der Waals surface area contributed by atoms with Gasteiger partial charge in [0, 0.05) is 24.2 Å². The van der Waals surface area contributed by atoms with E-state index in [2.05, 4.69) is 17.2 Å². The number of rotatable bonds is 8. The van der Waals surface area contributed by atoms with Gasteiger partial charge in [-0.1, -0.05) is 48.6 Å². The number of nitrogens with zero attached hydrogens (tertiary/aromatic N) is 2. The zero-order chi connectivity index (χ0) is 23.9. The summed E-state index contributed by atoms with van der Waals surface area (Å²) in [5.41, 5.74) is 5.48. The van der Waals surface area contributed by atoms with Crippen molar-refractivity contribution in [1.82, 2.24) is 20.2 Å². The standard InChI is InChI=1S/C28H30N4O2/c1-3-23(18-22-13-9-10-20(22)2)30-27(33)19-32-25-15-8-7-14-24(25)31-26(32)16-17-29-28(34)21-11-5-4-6-12-21/h3-8,11-12,14-15,18H,2,9-10,13,16-17,19H2,1H3,(H,29,34)(H,30,33)/b22-18-,23-3+. The van der Waals surface area contributed by atoms with Gasteiger partial charge in [0.05, 0.1) is 11.0 Å². The van der Waals surface area contributed by atoms with Crippen LogP contribution in [0.4, 0.5) is 0 Å². The number of aromatic nitrogens is 2. The number of imidazole rings is 1. The second kappa shape index (κ2) is 10.8. The van der Waals surface area contributed by atoms with Gasteiger partial charge in [0.1, 0.15) is 12.4 Å². The van der Waals surface area contributed by atoms with Crippen molar-refractivity contribution in [2.45, 2.75) is 39.2 Å². The lowest BCUT2D eigenvalue weighted by atomic mass is 10.1. The Morgan fingerprint density at radius 1 is 1.09 bits per heavy atom. The number of fused-ring (bicyclic) bond motifs is 1. The Kier molecular flexibility index (Phi) is 7.38. The Bertz CT molecular complexity index is 1270. The molecule has 0 aliphatic heterocycles. The third-order valence-corrected chi connectivity index (χ3v) is 6.01. The molecule has 0 spiro atoms. The van der Waals surface area contributed by atoms with Gasteiger partial charge < -0.3 is 15.2 Å². The molecule has 2 amide bonds. The number of allylic oxidation sites excluding steroid dienone is 4. The Morgan fingerprint density at radius 2 is 1.85 bits per heavy atom. The minimum Gasteiger partial charge on any atom is -0.352 e. The summed E-state index contributed by atoms with van der Waals surface area (Å²) in [4.78, 5) is 30.1. The van der Waals surface area contributed by atoms with E-state index in [1.54, 1.807) is 12.1 Å². The van der Waals surface area contributed by atoms with Gasteiger partial charge in [-0.2, -0.15) is 0 Å². The first-order valence-corrected chi connectivity index (χ1v) is 11.7. The number of carbonyl (C=O) groups excluding carboxylic acids is 2. The second-order valence-electron chi connectivity index (χ2n) is 8.39. The molecule has 2 aromatic carbocycles. The predicted octanol–water partition coefficient (Wildman–Crippen LogP) is 4.70. The van der Waals surface area contributed by atoms with Crippen molar-refractivity contribution < 1.29 is 9.59 Å². The van der Waals surface area contributed by atoms with Crippen LogP contribution in [0.15, 0.2) is 90.2 Å². The third-order valence-electron chi connectivity index (χ3n) is 6.01. The summed E-state index contributed by atoms with van der Waals surface area (Å²) in [5, 5.41) is 5.97. The quantitative estimate of drug-likeness (QED) is 0.518. The molecule has 6 heteroatoms. The van der Waals surface area contributed by atoms with Crippen molar-refractivity contribution in [3.8, 4) is 0 Å². The van der Waals surface area contributed by atoms with Crippen molar-refractivity contribution in [2.75, 3.05) is 6.54 Å². The molecule has 0 unspecified atom stereocenters. The molecule has 1 aromatic heterocycles. The average Bonchev–Trinajstić information content (AvgIpc) is 3.42. The molecule has 1 aliphatic carbocycles. The summed E-state index contributed by atoms with van der Waals surface area (Å²) < 4.78 is 1.92. The van der Waals surface area contributed by atoms with Gasteiger partial charge in [-0.3, -0.25) is 9.59 Å². The first-order valence-electron chi connectivity index (χ1n) is 11.7. The number of para-hydroxylation sites is 2. The van der Waals surface area contributed by atoms with Crippen LogP contribution in [-0.2, 0) is 17.8 Å². The number of hydrogen-bond donors (Lipinski definition) is 2. The molecular weight excluding hydrogens is 424 g/mol. The lowest BCUT2D eigenvalue weighted by Crippen LogP contribution is -2.29. The van der Waals surface area contributed by atoms with E-state index in [0.717, 1.165) is 47.4 Å². The van der Waals surface area contributed by atoms with Crippen molar-refractivity contribution in [1.29, 1.82) is 0 Å². The first kappa shape index (κ1) is 23.2. The van der Waals surface area contributed by atoms with Gasteiger partial charge in [-0.05, 0) is 62.1 Å². The van der Waals surface area contributed by atoms with Crippen LogP contribution in [0.25, 0.3) is 11.0 Å². The van der Waals surface area contributed by atoms with Crippen LogP contribution in [0.1, 0.15) is 42.4 Å². The van der Waals surface area contributed by atoms with E-state index in [1.807, 2.05) is 66.1 Å². The van der Waals surface area contributed by atoms with Gasteiger partial charge in [0.15, 0.2) is 0 Å². The van der Waals surface area contributed by atoms with Crippen LogP contribution in [0.3, 0.4) is 0 Å². The van der Waals surface area contributed by atoms with Crippen molar-refractivity contribution >= 4 is 22.8 Å². The van der Waals surface area contributed by atoms with E-state index >= 15 is 0 Å². The van der Waals surface area contributed by atoms with Crippen LogP contribution in [-0.4, -0.2) is 27.9 Å². The molecule has 3 aromatic rings. The zero-order valence-electron chi connectivity index (χ0n) is 19.5. The summed E-state index contributed by atoms with van der Waals surface area (Å²) in [6.07, 6.45) is 7.57. The van der Waals surface area contributed by atoms with E-state index in [1.165, 1.54) is 5.57 Å². The maximum absolute atomic E-state index is 13.0. The average molecular weight is 455 g/mol. The summed E-state index contributed by atoms with van der Waals surface area (Å²) in [6, 6.07) is 16.9. The van der Waals surface area contributed by atoms with Crippen LogP contribution in [0.2, 0.25) is 0 Å². The maximum Gasteiger partial charge on any atom is 0.251 e. The fourth-order valence-corrected chi connectivity index (χ4v) is 4.20. The normalized spacial score (nSPS) is 15.1. The Hall–Kier alpha value is -3.93. The van der Waals surface area contributed by atoms with Gasteiger partial charge >= 0.3 is 0 Å². The molecule has 174 valence electrons. The van der Waals surface area contributed by atoms with Crippen LogP contribution in [0, 0.1) is 0 Å². The molecular formula is C28H30N4O2. The van der Waals surface area contributed by atoms with E-state index in [4.69, 9.17) is 4.98 Å². The highest BCUT2D eigenvalue weighted by molar-refractivity contribution is 5.94. The summed E-state index contributed by atoms with van der Waals surface area (Å²) in [7, 11) is 0. The number of carbonyl (C=O) groups is 2. The topological polar surface area (TPSA) is 76.0 Å². The van der Waals surface area contributed by atoms with Gasteiger partial charge in [0.2, 0.25) is 5.91 Å². The summed E-state index contributed by atoms with van der Waals surface area (Å²) in [5.74, 6) is 0.515. The molecule has 6 nitrogen and oxygen atoms in total. The fourth-order valence-electron chi connectivity index (χ4n) is 4.20. The first-order chi connectivity index (χ1) is 16.5. The number of amides is 2. The number of nitrogens with one attached hydrogen (secondary N) is 2. The molecule has 1 heterocycles. The van der Waals surface area contributed by atoms with Crippen LogP contribution < -0.4 is 10.6 Å². The third kappa shape index (κ3) is 5.52. The lowest BCUT2D eigenvalue weighted by molar-refractivity contribution is -0.120. The molecule has 0 bridgehead atoms. The molecule has 1 saturated carbocycles. The SMILES string of the molecule is C=C1CCC/C1=C/C(=C\C)NC(=O)Cn1c(CCNC(=O)c2ccccc2)nc2ccccc21. The van der Waals surface area contributed by atoms with Crippen molar-refractivity contribution in [2.24, 2.45) is 0 Å².